The van der Waals surface area contributed by atoms with Gasteiger partial charge in [-0.1, -0.05) is 0 Å². The number of aliphatic carboxylic acids is 1. The molecule has 1 rings (SSSR count). The van der Waals surface area contributed by atoms with Gasteiger partial charge in [0, 0.05) is 6.92 Å². The molecule has 1 heterocycles. The van der Waals surface area contributed by atoms with Crippen molar-refractivity contribution < 1.29 is 49.4 Å². The number of esters is 1. The van der Waals surface area contributed by atoms with Crippen molar-refractivity contribution in [3.8, 4) is 0 Å². The highest BCUT2D eigenvalue weighted by molar-refractivity contribution is 5.84. The van der Waals surface area contributed by atoms with Crippen LogP contribution >= 0.6 is 0 Å². The van der Waals surface area contributed by atoms with Crippen molar-refractivity contribution in [2.45, 2.75) is 50.4 Å². The van der Waals surface area contributed by atoms with Crippen LogP contribution in [0.3, 0.4) is 0 Å². The van der Waals surface area contributed by atoms with E-state index in [4.69, 9.17) is 14.9 Å². The lowest BCUT2D eigenvalue weighted by atomic mass is 9.94. The van der Waals surface area contributed by atoms with Gasteiger partial charge < -0.3 is 40.3 Å². The molecule has 1 aliphatic rings. The molecule has 0 radical (unpaired) electrons. The molecule has 6 N–H and O–H groups in total. The molecule has 0 saturated carbocycles. The Morgan fingerprint density at radius 1 is 1.32 bits per heavy atom. The van der Waals surface area contributed by atoms with Crippen molar-refractivity contribution in [3.05, 3.63) is 11.8 Å². The Bertz CT molecular complexity index is 546. The van der Waals surface area contributed by atoms with E-state index in [1.807, 2.05) is 0 Å². The first-order valence-corrected chi connectivity index (χ1v) is 7.32. The molecule has 0 aromatic carbocycles. The molecule has 11 nitrogen and oxygen atoms in total. The van der Waals surface area contributed by atoms with E-state index in [1.54, 1.807) is 0 Å². The number of hydrogen-bond donors (Lipinski definition) is 6. The number of amides is 1. The fourth-order valence-electron chi connectivity index (χ4n) is 2.12. The Balaban J connectivity index is 2.91. The van der Waals surface area contributed by atoms with E-state index in [1.165, 1.54) is 0 Å². The number of aliphatic hydroxyl groups excluding tert-OH is 4. The molecule has 1 aliphatic heterocycles. The summed E-state index contributed by atoms with van der Waals surface area (Å²) in [4.78, 5) is 33.4. The number of rotatable bonds is 7. The lowest BCUT2D eigenvalue weighted by Crippen LogP contribution is -2.60. The first kappa shape index (κ1) is 20.8. The average molecular weight is 363 g/mol. The second-order valence-corrected chi connectivity index (χ2v) is 5.50. The summed E-state index contributed by atoms with van der Waals surface area (Å²) >= 11 is 0. The lowest BCUT2D eigenvalue weighted by molar-refractivity contribution is -0.164. The summed E-state index contributed by atoms with van der Waals surface area (Å²) in [6.07, 6.45) is -7.19. The normalized spacial score (nSPS) is 26.5. The molecule has 1 unspecified atom stereocenters. The Hall–Kier alpha value is -2.21. The largest absolute Gasteiger partial charge is 0.478 e. The van der Waals surface area contributed by atoms with Crippen LogP contribution in [-0.2, 0) is 23.9 Å². The van der Waals surface area contributed by atoms with Gasteiger partial charge in [0.05, 0.1) is 6.04 Å². The van der Waals surface area contributed by atoms with E-state index < -0.39 is 66.8 Å². The van der Waals surface area contributed by atoms with Crippen molar-refractivity contribution in [2.75, 3.05) is 6.61 Å². The summed E-state index contributed by atoms with van der Waals surface area (Å²) in [6.45, 7) is 1.55. The molecule has 0 spiro atoms. The molecule has 1 amide bonds. The summed E-state index contributed by atoms with van der Waals surface area (Å²) in [7, 11) is 0. The summed E-state index contributed by atoms with van der Waals surface area (Å²) in [5, 5.41) is 50.3. The molecule has 11 heteroatoms. The van der Waals surface area contributed by atoms with Gasteiger partial charge in [0.25, 0.3) is 0 Å². The number of nitrogens with one attached hydrogen (secondary N) is 1. The third-order valence-electron chi connectivity index (χ3n) is 3.36. The van der Waals surface area contributed by atoms with Gasteiger partial charge >= 0.3 is 11.9 Å². The van der Waals surface area contributed by atoms with E-state index >= 15 is 0 Å². The van der Waals surface area contributed by atoms with E-state index in [9.17, 15) is 29.7 Å². The van der Waals surface area contributed by atoms with Crippen LogP contribution in [0.4, 0.5) is 0 Å². The number of carbonyl (C=O) groups is 3. The van der Waals surface area contributed by atoms with Crippen molar-refractivity contribution in [1.82, 2.24) is 5.32 Å². The predicted octanol–water partition coefficient (Wildman–Crippen LogP) is -3.13. The molecule has 25 heavy (non-hydrogen) atoms. The van der Waals surface area contributed by atoms with Crippen molar-refractivity contribution in [2.24, 2.45) is 0 Å². The minimum Gasteiger partial charge on any atom is -0.478 e. The van der Waals surface area contributed by atoms with Crippen LogP contribution in [0.2, 0.25) is 0 Å². The van der Waals surface area contributed by atoms with Gasteiger partial charge in [-0.25, -0.2) is 9.59 Å². The summed E-state index contributed by atoms with van der Waals surface area (Å²) in [5.41, 5.74) is 0. The number of aliphatic hydroxyl groups is 4. The van der Waals surface area contributed by atoms with Crippen LogP contribution in [0.25, 0.3) is 0 Å². The second kappa shape index (κ2) is 8.76. The van der Waals surface area contributed by atoms with E-state index in [2.05, 4.69) is 10.1 Å². The predicted molar refractivity (Wildman–Crippen MR) is 78.9 cm³/mol. The van der Waals surface area contributed by atoms with Gasteiger partial charge in [0.1, 0.15) is 31.0 Å². The molecule has 0 saturated heterocycles. The number of hydrogen-bond acceptors (Lipinski definition) is 9. The minimum absolute atomic E-state index is 0.591. The first-order valence-electron chi connectivity index (χ1n) is 7.32. The maximum absolute atomic E-state index is 11.2. The van der Waals surface area contributed by atoms with Crippen LogP contribution in [0.5, 0.6) is 0 Å². The highest BCUT2D eigenvalue weighted by Crippen LogP contribution is 2.23. The van der Waals surface area contributed by atoms with E-state index in [0.717, 1.165) is 19.9 Å². The third-order valence-corrected chi connectivity index (χ3v) is 3.36. The molecule has 6 atom stereocenters. The standard InChI is InChI=1S/C14H21NO10/c1-5(16)14(23)24-4-8(19)11(20)12-10(15-6(2)17)7(18)3-9(25-12)13(21)22/h3,5,7-8,10-12,16,18-20H,4H2,1-2H3,(H,15,17)(H,21,22)/t5?,7-,8+,10+,11+,12+/m0/s1. The molecular weight excluding hydrogens is 342 g/mol. The lowest BCUT2D eigenvalue weighted by Gasteiger charge is -2.38. The van der Waals surface area contributed by atoms with Crippen LogP contribution in [0.1, 0.15) is 13.8 Å². The van der Waals surface area contributed by atoms with Gasteiger partial charge in [0.2, 0.25) is 11.7 Å². The van der Waals surface area contributed by atoms with Crippen molar-refractivity contribution in [3.63, 3.8) is 0 Å². The number of ether oxygens (including phenoxy) is 2. The maximum atomic E-state index is 11.2. The monoisotopic (exact) mass is 363 g/mol. The molecule has 0 fully saturated rings. The highest BCUT2D eigenvalue weighted by Gasteiger charge is 2.43. The SMILES string of the molecule is CC(=O)N[C@H]1[C@H]([C@H](O)[C@H](O)COC(=O)C(C)O)OC(C(=O)O)=C[C@@H]1O. The molecular formula is C14H21NO10. The second-order valence-electron chi connectivity index (χ2n) is 5.50. The van der Waals surface area contributed by atoms with Gasteiger partial charge in [-0.2, -0.15) is 0 Å². The smallest absolute Gasteiger partial charge is 0.370 e. The molecule has 0 aliphatic carbocycles. The average Bonchev–Trinajstić information content (AvgIpc) is 2.52. The van der Waals surface area contributed by atoms with Gasteiger partial charge in [-0.05, 0) is 13.0 Å². The Morgan fingerprint density at radius 3 is 2.40 bits per heavy atom. The van der Waals surface area contributed by atoms with Crippen molar-refractivity contribution >= 4 is 17.8 Å². The Kier molecular flexibility index (Phi) is 7.30. The fraction of sp³-hybridized carbons (Fsp3) is 0.643. The Labute approximate surface area is 142 Å². The number of carboxylic acid groups (broad SMARTS) is 1. The molecule has 142 valence electrons. The van der Waals surface area contributed by atoms with Crippen LogP contribution in [-0.4, -0.2) is 86.5 Å². The fourth-order valence-corrected chi connectivity index (χ4v) is 2.12. The number of carbonyl (C=O) groups excluding carboxylic acids is 2. The minimum atomic E-state index is -1.82. The van der Waals surface area contributed by atoms with Crippen LogP contribution in [0.15, 0.2) is 11.8 Å². The van der Waals surface area contributed by atoms with Gasteiger partial charge in [-0.3, -0.25) is 4.79 Å². The topological polar surface area (TPSA) is 183 Å². The van der Waals surface area contributed by atoms with E-state index in [-0.39, 0.29) is 0 Å². The molecule has 0 aromatic heterocycles. The highest BCUT2D eigenvalue weighted by atomic mass is 16.6. The van der Waals surface area contributed by atoms with Gasteiger partial charge in [-0.15, -0.1) is 0 Å². The van der Waals surface area contributed by atoms with E-state index in [0.29, 0.717) is 0 Å². The van der Waals surface area contributed by atoms with Gasteiger partial charge in [0.15, 0.2) is 6.10 Å². The Morgan fingerprint density at radius 2 is 1.92 bits per heavy atom. The summed E-state index contributed by atoms with van der Waals surface area (Å²) < 4.78 is 9.62. The summed E-state index contributed by atoms with van der Waals surface area (Å²) in [5.74, 6) is -3.83. The summed E-state index contributed by atoms with van der Waals surface area (Å²) in [6, 6.07) is -1.25. The zero-order valence-corrected chi connectivity index (χ0v) is 13.5. The third kappa shape index (κ3) is 5.67. The molecule has 0 bridgehead atoms. The zero-order valence-electron chi connectivity index (χ0n) is 13.5. The zero-order chi connectivity index (χ0) is 19.3. The molecule has 0 aromatic rings. The number of carboxylic acids is 1. The van der Waals surface area contributed by atoms with Crippen LogP contribution in [0, 0.1) is 0 Å². The van der Waals surface area contributed by atoms with Crippen LogP contribution < -0.4 is 5.32 Å². The van der Waals surface area contributed by atoms with Crippen molar-refractivity contribution in [1.29, 1.82) is 0 Å². The maximum Gasteiger partial charge on any atom is 0.370 e. The quantitative estimate of drug-likeness (QED) is 0.253. The first-order chi connectivity index (χ1) is 11.5.